The molecular weight excluding hydrogens is 1040 g/mol. The highest BCUT2D eigenvalue weighted by atomic mass is 14.2. The van der Waals surface area contributed by atoms with Crippen molar-refractivity contribution in [3.05, 3.63) is 429 Å². The summed E-state index contributed by atoms with van der Waals surface area (Å²) in [6.07, 6.45) is 0. The van der Waals surface area contributed by atoms with E-state index >= 15 is 0 Å². The van der Waals surface area contributed by atoms with E-state index in [9.17, 15) is 0 Å². The second kappa shape index (κ2) is 25.5. The summed E-state index contributed by atoms with van der Waals surface area (Å²) in [5.41, 5.74) is 31.7. The lowest BCUT2D eigenvalue weighted by Crippen LogP contribution is -1.98. The molecule has 0 aliphatic rings. The van der Waals surface area contributed by atoms with Crippen LogP contribution in [0.3, 0.4) is 0 Å². The Morgan fingerprint density at radius 1 is 0.138 bits per heavy atom. The van der Waals surface area contributed by atoms with E-state index in [-0.39, 0.29) is 0 Å². The van der Waals surface area contributed by atoms with Crippen LogP contribution in [0.25, 0.3) is 66.8 Å². The molecule has 0 nitrogen and oxygen atoms in total. The lowest BCUT2D eigenvalue weighted by Gasteiger charge is -2.19. The quantitative estimate of drug-likeness (QED) is 0.0898. The standard InChI is InChI=1S/C87H66/c1-61-34-40-73(41-35-61)82(67-22-10-4-11-23-67)85(70-28-16-7-17-29-70)76-52-46-64(47-53-76)79-58-80(65-48-54-77(55-49-65)86(71-30-18-8-19-31-71)83(68-24-12-5-13-25-68)74-42-36-62(2)37-43-74)60-81(59-79)66-50-56-78(57-51-66)87(72-32-20-9-21-33-72)84(69-26-14-6-15-27-69)75-44-38-63(3)39-45-75/h4-60H,1-3H3/b85-82+,86-83+,87-84+. The molecule has 0 bridgehead atoms. The monoisotopic (exact) mass is 1110 g/mol. The van der Waals surface area contributed by atoms with Gasteiger partial charge >= 0.3 is 0 Å². The summed E-state index contributed by atoms with van der Waals surface area (Å²) in [6, 6.07) is 127. The summed E-state index contributed by atoms with van der Waals surface area (Å²) in [5, 5.41) is 0. The molecule has 0 aliphatic carbocycles. The first-order valence-corrected chi connectivity index (χ1v) is 30.1. The molecule has 13 rings (SSSR count). The van der Waals surface area contributed by atoms with Gasteiger partial charge in [-0.15, -0.1) is 0 Å². The minimum Gasteiger partial charge on any atom is -0.0622 e. The molecule has 0 saturated heterocycles. The van der Waals surface area contributed by atoms with Gasteiger partial charge in [-0.3, -0.25) is 0 Å². The van der Waals surface area contributed by atoms with Crippen LogP contribution in [-0.4, -0.2) is 0 Å². The fourth-order valence-electron chi connectivity index (χ4n) is 12.1. The lowest BCUT2D eigenvalue weighted by molar-refractivity contribution is 1.44. The molecule has 0 atom stereocenters. The Kier molecular flexibility index (Phi) is 16.2. The van der Waals surface area contributed by atoms with Gasteiger partial charge in [-0.25, -0.2) is 0 Å². The average Bonchev–Trinajstić information content (AvgIpc) is 3.62. The SMILES string of the molecule is Cc1ccc(/C(=C(\c2ccccc2)c2ccc(-c3cc(-c4ccc(/C(=C(\c5ccccc5)c5ccc(C)cc5)c5ccccc5)cc4)cc(-c4ccc(/C(=C(\c5ccccc5)c5ccc(C)cc5)c5ccccc5)cc4)c3)cc2)c2ccccc2)cc1. The normalized spacial score (nSPS) is 12.2. The van der Waals surface area contributed by atoms with E-state index in [0.717, 1.165) is 50.1 Å². The average molecular weight is 1110 g/mol. The second-order valence-electron chi connectivity index (χ2n) is 22.6. The first-order chi connectivity index (χ1) is 42.9. The first kappa shape index (κ1) is 55.3. The van der Waals surface area contributed by atoms with Crippen molar-refractivity contribution in [3.63, 3.8) is 0 Å². The molecule has 13 aromatic carbocycles. The van der Waals surface area contributed by atoms with Gasteiger partial charge in [0.15, 0.2) is 0 Å². The largest absolute Gasteiger partial charge is 0.0622 e. The summed E-state index contributed by atoms with van der Waals surface area (Å²) in [7, 11) is 0. The van der Waals surface area contributed by atoms with Crippen LogP contribution in [0.1, 0.15) is 83.5 Å². The second-order valence-corrected chi connectivity index (χ2v) is 22.6. The predicted molar refractivity (Wildman–Crippen MR) is 370 cm³/mol. The molecule has 0 heterocycles. The zero-order valence-corrected chi connectivity index (χ0v) is 49.4. The third-order valence-corrected chi connectivity index (χ3v) is 16.6. The minimum atomic E-state index is 1.14. The van der Waals surface area contributed by atoms with Crippen LogP contribution in [0.2, 0.25) is 0 Å². The molecular formula is C87H66. The van der Waals surface area contributed by atoms with Crippen LogP contribution in [-0.2, 0) is 0 Å². The fraction of sp³-hybridized carbons (Fsp3) is 0.0345. The number of rotatable bonds is 15. The van der Waals surface area contributed by atoms with Gasteiger partial charge in [-0.05, 0) is 173 Å². The summed E-state index contributed by atoms with van der Waals surface area (Å²) in [4.78, 5) is 0. The number of benzene rings is 13. The van der Waals surface area contributed by atoms with E-state index in [1.165, 1.54) is 100 Å². The van der Waals surface area contributed by atoms with Gasteiger partial charge in [0.25, 0.3) is 0 Å². The van der Waals surface area contributed by atoms with Crippen LogP contribution in [0, 0.1) is 20.8 Å². The van der Waals surface area contributed by atoms with Crippen LogP contribution >= 0.6 is 0 Å². The Balaban J connectivity index is 0.976. The van der Waals surface area contributed by atoms with Crippen LogP contribution in [0.15, 0.2) is 346 Å². The summed E-state index contributed by atoms with van der Waals surface area (Å²) in [6.45, 7) is 6.46. The van der Waals surface area contributed by atoms with E-state index in [1.54, 1.807) is 0 Å². The topological polar surface area (TPSA) is 0 Å². The maximum atomic E-state index is 2.37. The lowest BCUT2D eigenvalue weighted by atomic mass is 9.84. The van der Waals surface area contributed by atoms with Crippen molar-refractivity contribution in [1.82, 2.24) is 0 Å². The third kappa shape index (κ3) is 12.2. The van der Waals surface area contributed by atoms with Crippen molar-refractivity contribution in [2.75, 3.05) is 0 Å². The van der Waals surface area contributed by atoms with Crippen LogP contribution in [0.4, 0.5) is 0 Å². The summed E-state index contributed by atoms with van der Waals surface area (Å²) in [5.74, 6) is 0. The van der Waals surface area contributed by atoms with Crippen molar-refractivity contribution in [1.29, 1.82) is 0 Å². The molecule has 0 fully saturated rings. The van der Waals surface area contributed by atoms with Gasteiger partial charge in [0, 0.05) is 0 Å². The minimum absolute atomic E-state index is 1.14. The molecule has 0 unspecified atom stereocenters. The molecule has 0 spiro atoms. The molecule has 0 N–H and O–H groups in total. The zero-order chi connectivity index (χ0) is 58.9. The maximum Gasteiger partial charge on any atom is -0.00268 e. The van der Waals surface area contributed by atoms with E-state index in [1.807, 2.05) is 0 Å². The van der Waals surface area contributed by atoms with Gasteiger partial charge in [0.05, 0.1) is 0 Å². The maximum absolute atomic E-state index is 2.37. The van der Waals surface area contributed by atoms with E-state index in [2.05, 4.69) is 367 Å². The van der Waals surface area contributed by atoms with Gasteiger partial charge in [0.2, 0.25) is 0 Å². The van der Waals surface area contributed by atoms with Crippen molar-refractivity contribution in [2.45, 2.75) is 20.8 Å². The number of aryl methyl sites for hydroxylation is 3. The molecule has 0 radical (unpaired) electrons. The van der Waals surface area contributed by atoms with Crippen molar-refractivity contribution in [3.8, 4) is 33.4 Å². The van der Waals surface area contributed by atoms with Crippen molar-refractivity contribution < 1.29 is 0 Å². The third-order valence-electron chi connectivity index (χ3n) is 16.6. The van der Waals surface area contributed by atoms with Gasteiger partial charge in [0.1, 0.15) is 0 Å². The molecule has 13 aromatic rings. The fourth-order valence-corrected chi connectivity index (χ4v) is 12.1. The molecule has 0 amide bonds. The Morgan fingerprint density at radius 3 is 0.437 bits per heavy atom. The van der Waals surface area contributed by atoms with Crippen LogP contribution in [0.5, 0.6) is 0 Å². The van der Waals surface area contributed by atoms with Crippen molar-refractivity contribution >= 4 is 33.4 Å². The van der Waals surface area contributed by atoms with Crippen LogP contribution < -0.4 is 0 Å². The van der Waals surface area contributed by atoms with Gasteiger partial charge < -0.3 is 0 Å². The summed E-state index contributed by atoms with van der Waals surface area (Å²) >= 11 is 0. The first-order valence-electron chi connectivity index (χ1n) is 30.1. The van der Waals surface area contributed by atoms with E-state index < -0.39 is 0 Å². The highest BCUT2D eigenvalue weighted by Crippen LogP contribution is 2.43. The molecule has 87 heavy (non-hydrogen) atoms. The van der Waals surface area contributed by atoms with Gasteiger partial charge in [-0.2, -0.15) is 0 Å². The highest BCUT2D eigenvalue weighted by Gasteiger charge is 2.21. The molecule has 414 valence electrons. The Bertz CT molecular complexity index is 4050. The smallest absolute Gasteiger partial charge is 0.00268 e. The van der Waals surface area contributed by atoms with Crippen molar-refractivity contribution in [2.24, 2.45) is 0 Å². The Hall–Kier alpha value is -10.9. The predicted octanol–water partition coefficient (Wildman–Crippen LogP) is 22.6. The van der Waals surface area contributed by atoms with E-state index in [4.69, 9.17) is 0 Å². The van der Waals surface area contributed by atoms with E-state index in [0.29, 0.717) is 0 Å². The zero-order valence-electron chi connectivity index (χ0n) is 49.4. The number of hydrogen-bond acceptors (Lipinski definition) is 0. The van der Waals surface area contributed by atoms with Gasteiger partial charge in [-0.1, -0.05) is 344 Å². The number of hydrogen-bond donors (Lipinski definition) is 0. The molecule has 0 saturated carbocycles. The summed E-state index contributed by atoms with van der Waals surface area (Å²) < 4.78 is 0. The molecule has 0 heteroatoms. The molecule has 0 aliphatic heterocycles. The Labute approximate surface area is 513 Å². The molecule has 0 aromatic heterocycles. The highest BCUT2D eigenvalue weighted by molar-refractivity contribution is 6.07. The Morgan fingerprint density at radius 2 is 0.276 bits per heavy atom.